The summed E-state index contributed by atoms with van der Waals surface area (Å²) < 4.78 is 10.7. The zero-order valence-corrected chi connectivity index (χ0v) is 17.0. The van der Waals surface area contributed by atoms with Crippen LogP contribution in [0.4, 0.5) is 5.69 Å². The second-order valence-corrected chi connectivity index (χ2v) is 6.87. The summed E-state index contributed by atoms with van der Waals surface area (Å²) >= 11 is 18.1. The Labute approximate surface area is 176 Å². The summed E-state index contributed by atoms with van der Waals surface area (Å²) in [5, 5.41) is 5.24. The number of esters is 1. The van der Waals surface area contributed by atoms with Crippen LogP contribution in [0.2, 0.25) is 15.1 Å². The van der Waals surface area contributed by atoms with Crippen LogP contribution in [0.3, 0.4) is 0 Å². The van der Waals surface area contributed by atoms with Crippen LogP contribution < -0.4 is 5.43 Å². The van der Waals surface area contributed by atoms with E-state index in [0.717, 1.165) is 5.56 Å². The summed E-state index contributed by atoms with van der Waals surface area (Å²) in [5.41, 5.74) is 4.53. The molecule has 0 aliphatic carbocycles. The number of nitrogens with one attached hydrogen (secondary N) is 1. The number of carbonyl (C=O) groups is 1. The molecule has 5 nitrogen and oxygen atoms in total. The molecule has 0 radical (unpaired) electrons. The molecule has 1 N–H and O–H groups in total. The zero-order valence-electron chi connectivity index (χ0n) is 14.7. The van der Waals surface area contributed by atoms with Gasteiger partial charge in [-0.2, -0.15) is 5.10 Å². The summed E-state index contributed by atoms with van der Waals surface area (Å²) in [7, 11) is 0. The van der Waals surface area contributed by atoms with E-state index in [4.69, 9.17) is 44.0 Å². The summed E-state index contributed by atoms with van der Waals surface area (Å²) in [6.45, 7) is 2.10. The average Bonchev–Trinajstić information content (AvgIpc) is 3.13. The number of ether oxygens (including phenoxy) is 1. The van der Waals surface area contributed by atoms with Gasteiger partial charge in [-0.15, -0.1) is 0 Å². The third-order valence-electron chi connectivity index (χ3n) is 3.68. The molecule has 0 saturated heterocycles. The van der Waals surface area contributed by atoms with Gasteiger partial charge in [-0.25, -0.2) is 4.79 Å². The Balaban J connectivity index is 1.69. The topological polar surface area (TPSA) is 63.8 Å². The summed E-state index contributed by atoms with van der Waals surface area (Å²) in [4.78, 5) is 11.7. The van der Waals surface area contributed by atoms with Crippen molar-refractivity contribution in [2.24, 2.45) is 5.10 Å². The van der Waals surface area contributed by atoms with E-state index in [0.29, 0.717) is 44.4 Å². The highest BCUT2D eigenvalue weighted by atomic mass is 35.5. The highest BCUT2D eigenvalue weighted by Crippen LogP contribution is 2.33. The third kappa shape index (κ3) is 4.87. The first kappa shape index (κ1) is 20.3. The molecule has 144 valence electrons. The van der Waals surface area contributed by atoms with E-state index in [1.807, 2.05) is 6.07 Å². The Morgan fingerprint density at radius 1 is 1.11 bits per heavy atom. The first-order valence-corrected chi connectivity index (χ1v) is 9.42. The SMILES string of the molecule is CCOC(=O)c1ccc(-c2ccc(C=NNc3c(Cl)cc(Cl)cc3Cl)o2)cc1. The number of anilines is 1. The number of rotatable bonds is 6. The molecule has 0 aliphatic heterocycles. The number of nitrogens with zero attached hydrogens (tertiary/aromatic N) is 1. The van der Waals surface area contributed by atoms with Crippen LogP contribution in [0, 0.1) is 0 Å². The van der Waals surface area contributed by atoms with Gasteiger partial charge in [-0.05, 0) is 43.3 Å². The highest BCUT2D eigenvalue weighted by Gasteiger charge is 2.09. The van der Waals surface area contributed by atoms with E-state index >= 15 is 0 Å². The predicted octanol–water partition coefficient (Wildman–Crippen LogP) is 6.53. The highest BCUT2D eigenvalue weighted by molar-refractivity contribution is 6.41. The monoisotopic (exact) mass is 436 g/mol. The molecular weight excluding hydrogens is 423 g/mol. The third-order valence-corrected chi connectivity index (χ3v) is 4.50. The fraction of sp³-hybridized carbons (Fsp3) is 0.100. The molecule has 28 heavy (non-hydrogen) atoms. The van der Waals surface area contributed by atoms with Crippen LogP contribution in [0.15, 0.2) is 58.0 Å². The maximum Gasteiger partial charge on any atom is 0.338 e. The number of furan rings is 1. The maximum atomic E-state index is 11.7. The fourth-order valence-electron chi connectivity index (χ4n) is 2.37. The molecule has 3 rings (SSSR count). The predicted molar refractivity (Wildman–Crippen MR) is 113 cm³/mol. The van der Waals surface area contributed by atoms with Gasteiger partial charge in [0, 0.05) is 10.6 Å². The standard InChI is InChI=1S/C20H15Cl3N2O3/c1-2-27-20(26)13-5-3-12(4-6-13)18-8-7-15(28-18)11-24-25-19-16(22)9-14(21)10-17(19)23/h3-11,25H,2H2,1H3. The zero-order chi connectivity index (χ0) is 20.1. The van der Waals surface area contributed by atoms with Crippen LogP contribution in [0.5, 0.6) is 0 Å². The lowest BCUT2D eigenvalue weighted by Crippen LogP contribution is -2.03. The largest absolute Gasteiger partial charge is 0.462 e. The second kappa shape index (κ2) is 9.15. The van der Waals surface area contributed by atoms with Crippen molar-refractivity contribution < 1.29 is 13.9 Å². The molecule has 1 heterocycles. The second-order valence-electron chi connectivity index (χ2n) is 5.61. The molecule has 0 spiro atoms. The Bertz CT molecular complexity index is 991. The van der Waals surface area contributed by atoms with Crippen LogP contribution in [-0.2, 0) is 4.74 Å². The van der Waals surface area contributed by atoms with Crippen molar-refractivity contribution in [3.8, 4) is 11.3 Å². The van der Waals surface area contributed by atoms with E-state index in [1.54, 1.807) is 49.4 Å². The normalized spacial score (nSPS) is 11.0. The minimum absolute atomic E-state index is 0.335. The van der Waals surface area contributed by atoms with E-state index in [1.165, 1.54) is 6.21 Å². The van der Waals surface area contributed by atoms with Crippen molar-refractivity contribution in [3.63, 3.8) is 0 Å². The quantitative estimate of drug-likeness (QED) is 0.270. The van der Waals surface area contributed by atoms with Crippen LogP contribution in [0.25, 0.3) is 11.3 Å². The number of hydrazone groups is 1. The van der Waals surface area contributed by atoms with E-state index in [9.17, 15) is 4.79 Å². The molecule has 0 unspecified atom stereocenters. The number of hydrogen-bond acceptors (Lipinski definition) is 5. The lowest BCUT2D eigenvalue weighted by molar-refractivity contribution is 0.0526. The summed E-state index contributed by atoms with van der Waals surface area (Å²) in [6, 6.07) is 13.7. The van der Waals surface area contributed by atoms with Crippen molar-refractivity contribution in [2.45, 2.75) is 6.92 Å². The first-order valence-electron chi connectivity index (χ1n) is 8.29. The molecule has 0 bridgehead atoms. The van der Waals surface area contributed by atoms with Crippen molar-refractivity contribution in [3.05, 3.63) is 74.9 Å². The Hall–Kier alpha value is -2.47. The van der Waals surface area contributed by atoms with Gasteiger partial charge in [0.05, 0.1) is 34.1 Å². The van der Waals surface area contributed by atoms with Gasteiger partial charge < -0.3 is 9.15 Å². The molecule has 8 heteroatoms. The number of halogens is 3. The van der Waals surface area contributed by atoms with Crippen molar-refractivity contribution >= 4 is 52.7 Å². The van der Waals surface area contributed by atoms with E-state index in [-0.39, 0.29) is 5.97 Å². The van der Waals surface area contributed by atoms with Crippen LogP contribution in [-0.4, -0.2) is 18.8 Å². The molecular formula is C20H15Cl3N2O3. The molecule has 0 amide bonds. The maximum absolute atomic E-state index is 11.7. The molecule has 0 fully saturated rings. The van der Waals surface area contributed by atoms with Crippen LogP contribution in [0.1, 0.15) is 23.0 Å². The summed E-state index contributed by atoms with van der Waals surface area (Å²) in [6.07, 6.45) is 1.50. The van der Waals surface area contributed by atoms with Gasteiger partial charge in [0.1, 0.15) is 11.5 Å². The molecule has 0 aliphatic rings. The Kier molecular flexibility index (Phi) is 6.62. The lowest BCUT2D eigenvalue weighted by atomic mass is 10.1. The van der Waals surface area contributed by atoms with Gasteiger partial charge >= 0.3 is 5.97 Å². The van der Waals surface area contributed by atoms with E-state index in [2.05, 4.69) is 10.5 Å². The first-order chi connectivity index (χ1) is 13.5. The smallest absolute Gasteiger partial charge is 0.338 e. The molecule has 2 aromatic carbocycles. The van der Waals surface area contributed by atoms with Crippen LogP contribution >= 0.6 is 34.8 Å². The number of benzene rings is 2. The number of hydrogen-bond donors (Lipinski definition) is 1. The summed E-state index contributed by atoms with van der Waals surface area (Å²) in [5.74, 6) is 0.810. The Morgan fingerprint density at radius 3 is 2.43 bits per heavy atom. The van der Waals surface area contributed by atoms with Gasteiger partial charge in [-0.3, -0.25) is 5.43 Å². The molecule has 0 atom stereocenters. The minimum atomic E-state index is -0.355. The van der Waals surface area contributed by atoms with Crippen molar-refractivity contribution in [2.75, 3.05) is 12.0 Å². The molecule has 0 saturated carbocycles. The average molecular weight is 438 g/mol. The lowest BCUT2D eigenvalue weighted by Gasteiger charge is -2.06. The van der Waals surface area contributed by atoms with Crippen molar-refractivity contribution in [1.29, 1.82) is 0 Å². The van der Waals surface area contributed by atoms with Gasteiger partial charge in [-0.1, -0.05) is 46.9 Å². The van der Waals surface area contributed by atoms with E-state index < -0.39 is 0 Å². The fourth-order valence-corrected chi connectivity index (χ4v) is 3.27. The Morgan fingerprint density at radius 2 is 1.79 bits per heavy atom. The molecule has 1 aromatic heterocycles. The number of carbonyl (C=O) groups excluding carboxylic acids is 1. The van der Waals surface area contributed by atoms with Gasteiger partial charge in [0.15, 0.2) is 0 Å². The van der Waals surface area contributed by atoms with Gasteiger partial charge in [0.25, 0.3) is 0 Å². The van der Waals surface area contributed by atoms with Gasteiger partial charge in [0.2, 0.25) is 0 Å². The van der Waals surface area contributed by atoms with Crippen molar-refractivity contribution in [1.82, 2.24) is 0 Å². The molecule has 3 aromatic rings. The minimum Gasteiger partial charge on any atom is -0.462 e.